The van der Waals surface area contributed by atoms with E-state index in [1.807, 2.05) is 32.0 Å². The van der Waals surface area contributed by atoms with Crippen molar-refractivity contribution in [2.24, 2.45) is 5.92 Å². The van der Waals surface area contributed by atoms with Crippen LogP contribution in [0.3, 0.4) is 0 Å². The van der Waals surface area contributed by atoms with Crippen molar-refractivity contribution in [3.05, 3.63) is 29.8 Å². The smallest absolute Gasteiger partial charge is 0.225 e. The molecule has 2 heterocycles. The summed E-state index contributed by atoms with van der Waals surface area (Å²) in [6.45, 7) is 5.53. The highest BCUT2D eigenvalue weighted by Crippen LogP contribution is 2.46. The van der Waals surface area contributed by atoms with Gasteiger partial charge in [0.15, 0.2) is 0 Å². The lowest BCUT2D eigenvalue weighted by atomic mass is 9.76. The van der Waals surface area contributed by atoms with Crippen molar-refractivity contribution in [2.45, 2.75) is 89.2 Å². The SMILES string of the molecule is CC(C)NC(=O)C[C@@H]1CC2(CCN(C(=O)C3CCCCC3)CC2)Oc2ccccc21. The van der Waals surface area contributed by atoms with Gasteiger partial charge in [-0.05, 0) is 44.7 Å². The van der Waals surface area contributed by atoms with Gasteiger partial charge in [-0.2, -0.15) is 0 Å². The molecular weight excluding hydrogens is 376 g/mol. The fourth-order valence-electron chi connectivity index (χ4n) is 5.58. The molecule has 1 aromatic carbocycles. The van der Waals surface area contributed by atoms with Crippen LogP contribution >= 0.6 is 0 Å². The number of para-hydroxylation sites is 1. The highest BCUT2D eigenvalue weighted by atomic mass is 16.5. The zero-order chi connectivity index (χ0) is 21.1. The summed E-state index contributed by atoms with van der Waals surface area (Å²) >= 11 is 0. The Bertz CT molecular complexity index is 761. The topological polar surface area (TPSA) is 58.6 Å². The Morgan fingerprint density at radius 2 is 1.83 bits per heavy atom. The van der Waals surface area contributed by atoms with Gasteiger partial charge in [-0.25, -0.2) is 0 Å². The molecule has 1 aromatic rings. The molecule has 1 saturated carbocycles. The average molecular weight is 413 g/mol. The van der Waals surface area contributed by atoms with Gasteiger partial charge in [0.25, 0.3) is 0 Å². The fourth-order valence-corrected chi connectivity index (χ4v) is 5.58. The summed E-state index contributed by atoms with van der Waals surface area (Å²) < 4.78 is 6.56. The van der Waals surface area contributed by atoms with Crippen LogP contribution in [0.15, 0.2) is 24.3 Å². The Labute approximate surface area is 180 Å². The first kappa shape index (κ1) is 21.2. The Kier molecular flexibility index (Phi) is 6.35. The second kappa shape index (κ2) is 8.99. The standard InChI is InChI=1S/C25H36N2O3/c1-18(2)26-23(28)16-20-17-25(30-22-11-7-6-10-21(20)22)12-14-27(15-13-25)24(29)19-8-4-3-5-9-19/h6-7,10-11,18-20H,3-5,8-9,12-17H2,1-2H3,(H,26,28)/t20-/m1/s1. The number of carbonyl (C=O) groups excluding carboxylic acids is 2. The van der Waals surface area contributed by atoms with E-state index in [1.165, 1.54) is 19.3 Å². The summed E-state index contributed by atoms with van der Waals surface area (Å²) in [5.74, 6) is 1.76. The monoisotopic (exact) mass is 412 g/mol. The number of rotatable bonds is 4. The maximum absolute atomic E-state index is 13.0. The van der Waals surface area contributed by atoms with E-state index in [4.69, 9.17) is 4.74 Å². The number of amides is 2. The van der Waals surface area contributed by atoms with E-state index >= 15 is 0 Å². The van der Waals surface area contributed by atoms with Crippen LogP contribution in [0, 0.1) is 5.92 Å². The van der Waals surface area contributed by atoms with Crippen LogP contribution in [0.5, 0.6) is 5.75 Å². The second-order valence-corrected chi connectivity index (χ2v) is 9.81. The van der Waals surface area contributed by atoms with Crippen molar-refractivity contribution >= 4 is 11.8 Å². The van der Waals surface area contributed by atoms with Gasteiger partial charge < -0.3 is 15.0 Å². The number of nitrogens with zero attached hydrogens (tertiary/aromatic N) is 1. The van der Waals surface area contributed by atoms with Crippen molar-refractivity contribution in [2.75, 3.05) is 13.1 Å². The van der Waals surface area contributed by atoms with E-state index in [0.29, 0.717) is 12.3 Å². The quantitative estimate of drug-likeness (QED) is 0.797. The highest BCUT2D eigenvalue weighted by Gasteiger charge is 2.44. The third-order valence-electron chi connectivity index (χ3n) is 7.13. The van der Waals surface area contributed by atoms with Gasteiger partial charge in [0.05, 0.1) is 0 Å². The van der Waals surface area contributed by atoms with Crippen molar-refractivity contribution in [1.82, 2.24) is 10.2 Å². The molecule has 164 valence electrons. The molecule has 3 aliphatic rings. The predicted octanol–water partition coefficient (Wildman–Crippen LogP) is 4.41. The fraction of sp³-hybridized carbons (Fsp3) is 0.680. The molecule has 1 N–H and O–H groups in total. The van der Waals surface area contributed by atoms with E-state index < -0.39 is 0 Å². The molecule has 1 aliphatic carbocycles. The van der Waals surface area contributed by atoms with Crippen LogP contribution in [-0.2, 0) is 9.59 Å². The molecule has 30 heavy (non-hydrogen) atoms. The minimum absolute atomic E-state index is 0.103. The van der Waals surface area contributed by atoms with Gasteiger partial charge >= 0.3 is 0 Å². The van der Waals surface area contributed by atoms with Crippen LogP contribution in [0.25, 0.3) is 0 Å². The molecule has 1 saturated heterocycles. The number of piperidine rings is 1. The Morgan fingerprint density at radius 1 is 1.13 bits per heavy atom. The molecule has 4 rings (SSSR count). The van der Waals surface area contributed by atoms with Crippen molar-refractivity contribution < 1.29 is 14.3 Å². The van der Waals surface area contributed by atoms with Crippen LogP contribution in [0.1, 0.15) is 83.1 Å². The number of carbonyl (C=O) groups is 2. The normalized spacial score (nSPS) is 23.7. The second-order valence-electron chi connectivity index (χ2n) is 9.81. The minimum Gasteiger partial charge on any atom is -0.487 e. The zero-order valence-electron chi connectivity index (χ0n) is 18.5. The molecule has 0 unspecified atom stereocenters. The zero-order valence-corrected chi connectivity index (χ0v) is 18.5. The molecule has 5 heteroatoms. The molecule has 2 amide bonds. The number of benzene rings is 1. The van der Waals surface area contributed by atoms with Gasteiger partial charge in [-0.1, -0.05) is 37.5 Å². The third-order valence-corrected chi connectivity index (χ3v) is 7.13. The van der Waals surface area contributed by atoms with Crippen LogP contribution < -0.4 is 10.1 Å². The lowest BCUT2D eigenvalue weighted by molar-refractivity contribution is -0.140. The largest absolute Gasteiger partial charge is 0.487 e. The number of nitrogens with one attached hydrogen (secondary N) is 1. The van der Waals surface area contributed by atoms with E-state index in [-0.39, 0.29) is 29.4 Å². The van der Waals surface area contributed by atoms with Gasteiger partial charge in [-0.15, -0.1) is 0 Å². The molecule has 1 spiro atoms. The summed E-state index contributed by atoms with van der Waals surface area (Å²) in [5.41, 5.74) is 0.878. The Balaban J connectivity index is 1.44. The molecule has 0 radical (unpaired) electrons. The van der Waals surface area contributed by atoms with Crippen molar-refractivity contribution in [3.8, 4) is 5.75 Å². The highest BCUT2D eigenvalue weighted by molar-refractivity contribution is 5.79. The van der Waals surface area contributed by atoms with E-state index in [9.17, 15) is 9.59 Å². The minimum atomic E-state index is -0.263. The lowest BCUT2D eigenvalue weighted by Crippen LogP contribution is -2.53. The summed E-state index contributed by atoms with van der Waals surface area (Å²) in [7, 11) is 0. The lowest BCUT2D eigenvalue weighted by Gasteiger charge is -2.47. The average Bonchev–Trinajstić information content (AvgIpc) is 2.74. The van der Waals surface area contributed by atoms with Gasteiger partial charge in [0.1, 0.15) is 11.4 Å². The molecular formula is C25H36N2O3. The number of hydrogen-bond acceptors (Lipinski definition) is 3. The molecule has 2 aliphatic heterocycles. The van der Waals surface area contributed by atoms with Crippen molar-refractivity contribution in [3.63, 3.8) is 0 Å². The van der Waals surface area contributed by atoms with Gasteiger partial charge in [-0.3, -0.25) is 9.59 Å². The van der Waals surface area contributed by atoms with Gasteiger partial charge in [0, 0.05) is 50.2 Å². The third kappa shape index (κ3) is 4.65. The molecule has 0 aromatic heterocycles. The summed E-state index contributed by atoms with van der Waals surface area (Å²) in [4.78, 5) is 27.6. The van der Waals surface area contributed by atoms with E-state index in [0.717, 1.165) is 56.5 Å². The van der Waals surface area contributed by atoms with E-state index in [2.05, 4.69) is 16.3 Å². The number of likely N-dealkylation sites (tertiary alicyclic amines) is 1. The molecule has 5 nitrogen and oxygen atoms in total. The maximum atomic E-state index is 13.0. The number of ether oxygens (including phenoxy) is 1. The van der Waals surface area contributed by atoms with Crippen LogP contribution in [0.2, 0.25) is 0 Å². The van der Waals surface area contributed by atoms with Crippen LogP contribution in [0.4, 0.5) is 0 Å². The Hall–Kier alpha value is -2.04. The molecule has 0 bridgehead atoms. The number of fused-ring (bicyclic) bond motifs is 1. The molecule has 2 fully saturated rings. The summed E-state index contributed by atoms with van der Waals surface area (Å²) in [5, 5.41) is 3.04. The number of hydrogen-bond donors (Lipinski definition) is 1. The first-order chi connectivity index (χ1) is 14.5. The first-order valence-electron chi connectivity index (χ1n) is 11.8. The van der Waals surface area contributed by atoms with E-state index in [1.54, 1.807) is 0 Å². The first-order valence-corrected chi connectivity index (χ1v) is 11.8. The van der Waals surface area contributed by atoms with Gasteiger partial charge in [0.2, 0.25) is 11.8 Å². The Morgan fingerprint density at radius 3 is 2.53 bits per heavy atom. The van der Waals surface area contributed by atoms with Crippen molar-refractivity contribution in [1.29, 1.82) is 0 Å². The van der Waals surface area contributed by atoms with Crippen LogP contribution in [-0.4, -0.2) is 41.4 Å². The summed E-state index contributed by atoms with van der Waals surface area (Å²) in [6.07, 6.45) is 8.79. The predicted molar refractivity (Wildman–Crippen MR) is 117 cm³/mol. The molecule has 1 atom stereocenters. The maximum Gasteiger partial charge on any atom is 0.225 e. The summed E-state index contributed by atoms with van der Waals surface area (Å²) in [6, 6.07) is 8.31.